The van der Waals surface area contributed by atoms with Gasteiger partial charge >= 0.3 is 0 Å². The lowest BCUT2D eigenvalue weighted by molar-refractivity contribution is 0.188. The number of ether oxygens (including phenoxy) is 2. The van der Waals surface area contributed by atoms with Gasteiger partial charge in [0.25, 0.3) is 0 Å². The molecule has 4 nitrogen and oxygen atoms in total. The maximum absolute atomic E-state index is 9.51. The van der Waals surface area contributed by atoms with E-state index in [0.29, 0.717) is 0 Å². The van der Waals surface area contributed by atoms with E-state index < -0.39 is 0 Å². The molecule has 19 heavy (non-hydrogen) atoms. The Morgan fingerprint density at radius 2 is 1.79 bits per heavy atom. The Morgan fingerprint density at radius 1 is 1.21 bits per heavy atom. The van der Waals surface area contributed by atoms with Crippen molar-refractivity contribution in [2.75, 3.05) is 27.9 Å². The quantitative estimate of drug-likeness (QED) is 0.796. The first kappa shape index (κ1) is 15.8. The van der Waals surface area contributed by atoms with E-state index in [-0.39, 0.29) is 18.6 Å². The van der Waals surface area contributed by atoms with Gasteiger partial charge in [-0.05, 0) is 43.7 Å². The van der Waals surface area contributed by atoms with Crippen molar-refractivity contribution in [3.8, 4) is 11.5 Å². The number of aliphatic hydroxyl groups excluding tert-OH is 1. The van der Waals surface area contributed by atoms with Crippen LogP contribution in [0.1, 0.15) is 30.5 Å². The molecule has 0 saturated carbocycles. The Balaban J connectivity index is 3.23. The van der Waals surface area contributed by atoms with E-state index in [1.165, 1.54) is 0 Å². The second-order valence-corrected chi connectivity index (χ2v) is 4.68. The summed E-state index contributed by atoms with van der Waals surface area (Å²) in [5, 5.41) is 12.8. The average Bonchev–Trinajstić information content (AvgIpc) is 2.44. The number of aryl methyl sites for hydroxylation is 1. The van der Waals surface area contributed by atoms with Gasteiger partial charge in [-0.2, -0.15) is 0 Å². The van der Waals surface area contributed by atoms with E-state index in [1.807, 2.05) is 26.1 Å². The Bertz CT molecular complexity index is 403. The summed E-state index contributed by atoms with van der Waals surface area (Å²) < 4.78 is 10.7. The van der Waals surface area contributed by atoms with Crippen LogP contribution in [0.2, 0.25) is 0 Å². The molecule has 0 aliphatic rings. The Hall–Kier alpha value is -1.26. The number of nitrogens with one attached hydrogen (secondary N) is 1. The van der Waals surface area contributed by atoms with Gasteiger partial charge in [0, 0.05) is 18.6 Å². The molecule has 0 radical (unpaired) electrons. The summed E-state index contributed by atoms with van der Waals surface area (Å²) in [6.45, 7) is 4.29. The van der Waals surface area contributed by atoms with Gasteiger partial charge in [-0.25, -0.2) is 0 Å². The molecule has 4 heteroatoms. The summed E-state index contributed by atoms with van der Waals surface area (Å²) in [4.78, 5) is 0. The van der Waals surface area contributed by atoms with Crippen molar-refractivity contribution < 1.29 is 14.6 Å². The van der Waals surface area contributed by atoms with Gasteiger partial charge in [0.2, 0.25) is 0 Å². The third kappa shape index (κ3) is 3.39. The molecule has 0 saturated heterocycles. The van der Waals surface area contributed by atoms with E-state index in [9.17, 15) is 5.11 Å². The van der Waals surface area contributed by atoms with Gasteiger partial charge < -0.3 is 19.9 Å². The van der Waals surface area contributed by atoms with Crippen molar-refractivity contribution in [1.29, 1.82) is 0 Å². The molecule has 2 N–H and O–H groups in total. The second-order valence-electron chi connectivity index (χ2n) is 4.68. The third-order valence-corrected chi connectivity index (χ3v) is 3.65. The standard InChI is InChI=1S/C15H25NO3/c1-6-11(9-17)15(16-3)12-8-14(19-5)13(18-4)7-10(12)2/h7-8,11,15-17H,6,9H2,1-5H3. The van der Waals surface area contributed by atoms with Gasteiger partial charge in [-0.3, -0.25) is 0 Å². The van der Waals surface area contributed by atoms with Crippen LogP contribution in [0.5, 0.6) is 11.5 Å². The number of hydrogen-bond donors (Lipinski definition) is 2. The fourth-order valence-corrected chi connectivity index (χ4v) is 2.45. The smallest absolute Gasteiger partial charge is 0.161 e. The molecular formula is C15H25NO3. The SMILES string of the molecule is CCC(CO)C(NC)c1cc(OC)c(OC)cc1C. The molecule has 2 atom stereocenters. The van der Waals surface area contributed by atoms with Crippen molar-refractivity contribution in [3.63, 3.8) is 0 Å². The zero-order chi connectivity index (χ0) is 14.4. The van der Waals surface area contributed by atoms with E-state index in [2.05, 4.69) is 12.2 Å². The molecule has 108 valence electrons. The molecule has 2 unspecified atom stereocenters. The summed E-state index contributed by atoms with van der Waals surface area (Å²) in [5.41, 5.74) is 2.27. The van der Waals surface area contributed by atoms with Crippen LogP contribution < -0.4 is 14.8 Å². The molecule has 0 amide bonds. The third-order valence-electron chi connectivity index (χ3n) is 3.65. The van der Waals surface area contributed by atoms with Crippen LogP contribution in [0, 0.1) is 12.8 Å². The molecule has 1 rings (SSSR count). The van der Waals surface area contributed by atoms with Crippen LogP contribution in [-0.2, 0) is 0 Å². The molecule has 0 aliphatic carbocycles. The first-order valence-corrected chi connectivity index (χ1v) is 6.63. The average molecular weight is 267 g/mol. The zero-order valence-corrected chi connectivity index (χ0v) is 12.5. The Morgan fingerprint density at radius 3 is 2.21 bits per heavy atom. The van der Waals surface area contributed by atoms with Crippen LogP contribution in [-0.4, -0.2) is 33.0 Å². The minimum Gasteiger partial charge on any atom is -0.493 e. The highest BCUT2D eigenvalue weighted by molar-refractivity contribution is 5.48. The van der Waals surface area contributed by atoms with E-state index >= 15 is 0 Å². The lowest BCUT2D eigenvalue weighted by Crippen LogP contribution is -2.28. The first-order chi connectivity index (χ1) is 9.12. The van der Waals surface area contributed by atoms with Gasteiger partial charge in [-0.15, -0.1) is 0 Å². The van der Waals surface area contributed by atoms with Gasteiger partial charge in [0.1, 0.15) is 0 Å². The number of benzene rings is 1. The van der Waals surface area contributed by atoms with Crippen molar-refractivity contribution in [2.24, 2.45) is 5.92 Å². The minimum atomic E-state index is 0.106. The molecule has 1 aromatic rings. The summed E-state index contributed by atoms with van der Waals surface area (Å²) in [7, 11) is 5.18. The second kappa shape index (κ2) is 7.36. The molecule has 1 aromatic carbocycles. The highest BCUT2D eigenvalue weighted by atomic mass is 16.5. The lowest BCUT2D eigenvalue weighted by atomic mass is 9.89. The number of rotatable bonds is 7. The maximum atomic E-state index is 9.51. The summed E-state index contributed by atoms with van der Waals surface area (Å²) in [6, 6.07) is 4.07. The minimum absolute atomic E-state index is 0.106. The summed E-state index contributed by atoms with van der Waals surface area (Å²) in [6.07, 6.45) is 0.912. The molecule has 0 aliphatic heterocycles. The highest BCUT2D eigenvalue weighted by Crippen LogP contribution is 2.35. The first-order valence-electron chi connectivity index (χ1n) is 6.63. The van der Waals surface area contributed by atoms with Crippen molar-refractivity contribution >= 4 is 0 Å². The predicted molar refractivity (Wildman–Crippen MR) is 77.0 cm³/mol. The van der Waals surface area contributed by atoms with E-state index in [0.717, 1.165) is 29.0 Å². The van der Waals surface area contributed by atoms with Crippen LogP contribution in [0.15, 0.2) is 12.1 Å². The molecule has 0 bridgehead atoms. The van der Waals surface area contributed by atoms with Crippen molar-refractivity contribution in [3.05, 3.63) is 23.3 Å². The van der Waals surface area contributed by atoms with Crippen LogP contribution in [0.3, 0.4) is 0 Å². The normalized spacial score (nSPS) is 14.0. The molecular weight excluding hydrogens is 242 g/mol. The highest BCUT2D eigenvalue weighted by Gasteiger charge is 2.22. The molecule has 0 aromatic heterocycles. The van der Waals surface area contributed by atoms with Gasteiger partial charge in [-0.1, -0.05) is 6.92 Å². The largest absolute Gasteiger partial charge is 0.493 e. The fourth-order valence-electron chi connectivity index (χ4n) is 2.45. The van der Waals surface area contributed by atoms with E-state index in [1.54, 1.807) is 14.2 Å². The zero-order valence-electron chi connectivity index (χ0n) is 12.5. The number of methoxy groups -OCH3 is 2. The fraction of sp³-hybridized carbons (Fsp3) is 0.600. The lowest BCUT2D eigenvalue weighted by Gasteiger charge is -2.27. The van der Waals surface area contributed by atoms with Crippen molar-refractivity contribution in [1.82, 2.24) is 5.32 Å². The Kier molecular flexibility index (Phi) is 6.12. The predicted octanol–water partition coefficient (Wildman–Crippen LogP) is 2.29. The van der Waals surface area contributed by atoms with Crippen LogP contribution >= 0.6 is 0 Å². The maximum Gasteiger partial charge on any atom is 0.161 e. The number of hydrogen-bond acceptors (Lipinski definition) is 4. The summed E-state index contributed by atoms with van der Waals surface area (Å²) in [5.74, 6) is 1.63. The summed E-state index contributed by atoms with van der Waals surface area (Å²) >= 11 is 0. The van der Waals surface area contributed by atoms with Crippen molar-refractivity contribution in [2.45, 2.75) is 26.3 Å². The van der Waals surface area contributed by atoms with Gasteiger partial charge in [0.05, 0.1) is 14.2 Å². The van der Waals surface area contributed by atoms with Gasteiger partial charge in [0.15, 0.2) is 11.5 Å². The molecule has 0 heterocycles. The van der Waals surface area contributed by atoms with Crippen LogP contribution in [0.4, 0.5) is 0 Å². The topological polar surface area (TPSA) is 50.7 Å². The molecule has 0 spiro atoms. The van der Waals surface area contributed by atoms with Crippen LogP contribution in [0.25, 0.3) is 0 Å². The Labute approximate surface area is 115 Å². The number of aliphatic hydroxyl groups is 1. The monoisotopic (exact) mass is 267 g/mol. The molecule has 0 fully saturated rings. The van der Waals surface area contributed by atoms with E-state index in [4.69, 9.17) is 9.47 Å².